The van der Waals surface area contributed by atoms with E-state index in [0.717, 1.165) is 22.2 Å². The minimum absolute atomic E-state index is 0.154. The fourth-order valence-corrected chi connectivity index (χ4v) is 3.25. The Balaban J connectivity index is 2.03. The number of allylic oxidation sites excluding steroid dienone is 4. The molecule has 4 rings (SSSR count). The van der Waals surface area contributed by atoms with Gasteiger partial charge in [0.1, 0.15) is 0 Å². The van der Waals surface area contributed by atoms with Crippen LogP contribution in [0.2, 0.25) is 0 Å². The predicted molar refractivity (Wildman–Crippen MR) is 86.4 cm³/mol. The lowest BCUT2D eigenvalue weighted by atomic mass is 9.84. The van der Waals surface area contributed by atoms with Crippen LogP contribution in [0.15, 0.2) is 66.3 Å². The first kappa shape index (κ1) is 12.2. The number of aromatic nitrogens is 1. The second kappa shape index (κ2) is 4.45. The van der Waals surface area contributed by atoms with Crippen LogP contribution in [0.25, 0.3) is 21.8 Å². The van der Waals surface area contributed by atoms with Gasteiger partial charge in [0.15, 0.2) is 5.78 Å². The first-order valence-corrected chi connectivity index (χ1v) is 7.14. The zero-order valence-corrected chi connectivity index (χ0v) is 11.8. The number of aromatic amines is 1. The largest absolute Gasteiger partial charge is 0.354 e. The lowest BCUT2D eigenvalue weighted by Gasteiger charge is -2.18. The molecule has 102 valence electrons. The molecule has 1 aliphatic rings. The summed E-state index contributed by atoms with van der Waals surface area (Å²) in [6, 6.07) is 14.5. The molecule has 0 fully saturated rings. The van der Waals surface area contributed by atoms with E-state index in [0.29, 0.717) is 0 Å². The molecule has 0 saturated carbocycles. The van der Waals surface area contributed by atoms with Gasteiger partial charge in [0.2, 0.25) is 0 Å². The van der Waals surface area contributed by atoms with Crippen LogP contribution in [0, 0.1) is 0 Å². The smallest absolute Gasteiger partial charge is 0.167 e. The molecule has 0 aliphatic heterocycles. The van der Waals surface area contributed by atoms with Crippen LogP contribution in [0.4, 0.5) is 0 Å². The third kappa shape index (κ3) is 1.76. The zero-order chi connectivity index (χ0) is 14.4. The SMILES string of the molecule is CC1=CC=CC(=O)C1c1cccc2c1[nH]c1ccccc12. The predicted octanol–water partition coefficient (Wildman–Crippen LogP) is 4.49. The Labute approximate surface area is 122 Å². The first-order valence-electron chi connectivity index (χ1n) is 7.14. The minimum atomic E-state index is -0.174. The van der Waals surface area contributed by atoms with Gasteiger partial charge in [0.05, 0.1) is 11.4 Å². The summed E-state index contributed by atoms with van der Waals surface area (Å²) in [6.07, 6.45) is 5.52. The zero-order valence-electron chi connectivity index (χ0n) is 11.8. The molecule has 0 spiro atoms. The van der Waals surface area contributed by atoms with Gasteiger partial charge in [-0.1, -0.05) is 54.1 Å². The standard InChI is InChI=1S/C19H15NO/c1-12-6-4-11-17(21)18(12)15-9-5-8-14-13-7-2-3-10-16(13)20-19(14)15/h2-11,18,20H,1H3. The van der Waals surface area contributed by atoms with Gasteiger partial charge in [0.25, 0.3) is 0 Å². The van der Waals surface area contributed by atoms with Crippen LogP contribution in [0.5, 0.6) is 0 Å². The maximum Gasteiger partial charge on any atom is 0.167 e. The summed E-state index contributed by atoms with van der Waals surface area (Å²) in [5.41, 5.74) is 4.33. The van der Waals surface area contributed by atoms with Gasteiger partial charge in [-0.3, -0.25) is 4.79 Å². The molecule has 0 amide bonds. The molecule has 0 saturated heterocycles. The molecule has 0 bridgehead atoms. The second-order valence-electron chi connectivity index (χ2n) is 5.55. The van der Waals surface area contributed by atoms with Crippen molar-refractivity contribution in [3.63, 3.8) is 0 Å². The summed E-state index contributed by atoms with van der Waals surface area (Å²) in [5, 5.41) is 2.38. The Morgan fingerprint density at radius 2 is 1.81 bits per heavy atom. The number of hydrogen-bond donors (Lipinski definition) is 1. The maximum absolute atomic E-state index is 12.3. The summed E-state index contributed by atoms with van der Waals surface area (Å²) in [6.45, 7) is 2.02. The van der Waals surface area contributed by atoms with Gasteiger partial charge in [-0.05, 0) is 24.6 Å². The second-order valence-corrected chi connectivity index (χ2v) is 5.55. The van der Waals surface area contributed by atoms with Crippen molar-refractivity contribution in [1.29, 1.82) is 0 Å². The quantitative estimate of drug-likeness (QED) is 0.696. The molecule has 21 heavy (non-hydrogen) atoms. The van der Waals surface area contributed by atoms with E-state index < -0.39 is 0 Å². The molecule has 1 N–H and O–H groups in total. The minimum Gasteiger partial charge on any atom is -0.354 e. The fraction of sp³-hybridized carbons (Fsp3) is 0.105. The molecule has 2 aromatic carbocycles. The maximum atomic E-state index is 12.3. The summed E-state index contributed by atoms with van der Waals surface area (Å²) < 4.78 is 0. The normalized spacial score (nSPS) is 18.4. The number of fused-ring (bicyclic) bond motifs is 3. The van der Waals surface area contributed by atoms with Gasteiger partial charge >= 0.3 is 0 Å². The number of ketones is 1. The van der Waals surface area contributed by atoms with Gasteiger partial charge < -0.3 is 4.98 Å². The summed E-state index contributed by atoms with van der Waals surface area (Å²) in [5.74, 6) is -0.0204. The highest BCUT2D eigenvalue weighted by molar-refractivity contribution is 6.10. The monoisotopic (exact) mass is 273 g/mol. The van der Waals surface area contributed by atoms with E-state index in [9.17, 15) is 4.79 Å². The topological polar surface area (TPSA) is 32.9 Å². The van der Waals surface area contributed by atoms with E-state index >= 15 is 0 Å². The molecular formula is C19H15NO. The van der Waals surface area contributed by atoms with E-state index in [-0.39, 0.29) is 11.7 Å². The number of H-pyrrole nitrogens is 1. The van der Waals surface area contributed by atoms with Crippen LogP contribution in [0.3, 0.4) is 0 Å². The molecule has 1 aromatic heterocycles. The van der Waals surface area contributed by atoms with E-state index in [1.54, 1.807) is 6.08 Å². The third-order valence-electron chi connectivity index (χ3n) is 4.24. The van der Waals surface area contributed by atoms with Crippen LogP contribution >= 0.6 is 0 Å². The fourth-order valence-electron chi connectivity index (χ4n) is 3.25. The third-order valence-corrected chi connectivity index (χ3v) is 4.24. The van der Waals surface area contributed by atoms with E-state index in [1.165, 1.54) is 10.8 Å². The lowest BCUT2D eigenvalue weighted by molar-refractivity contribution is -0.115. The van der Waals surface area contributed by atoms with Crippen molar-refractivity contribution in [1.82, 2.24) is 4.98 Å². The Bertz CT molecular complexity index is 927. The van der Waals surface area contributed by atoms with Crippen molar-refractivity contribution in [2.45, 2.75) is 12.8 Å². The molecule has 2 heteroatoms. The van der Waals surface area contributed by atoms with Gasteiger partial charge in [-0.2, -0.15) is 0 Å². The average Bonchev–Trinajstić information content (AvgIpc) is 2.87. The number of para-hydroxylation sites is 2. The van der Waals surface area contributed by atoms with Crippen molar-refractivity contribution in [2.24, 2.45) is 0 Å². The molecular weight excluding hydrogens is 258 g/mol. The molecule has 1 unspecified atom stereocenters. The van der Waals surface area contributed by atoms with Crippen LogP contribution in [0.1, 0.15) is 18.4 Å². The Kier molecular flexibility index (Phi) is 2.58. The van der Waals surface area contributed by atoms with E-state index in [2.05, 4.69) is 29.2 Å². The van der Waals surface area contributed by atoms with Crippen LogP contribution in [-0.2, 0) is 4.79 Å². The molecule has 1 atom stereocenters. The number of benzene rings is 2. The average molecular weight is 273 g/mol. The summed E-state index contributed by atoms with van der Waals surface area (Å²) in [7, 11) is 0. The number of nitrogens with one attached hydrogen (secondary N) is 1. The Morgan fingerprint density at radius 1 is 1.00 bits per heavy atom. The highest BCUT2D eigenvalue weighted by Crippen LogP contribution is 2.35. The first-order chi connectivity index (χ1) is 10.3. The van der Waals surface area contributed by atoms with Crippen molar-refractivity contribution < 1.29 is 4.79 Å². The Morgan fingerprint density at radius 3 is 2.67 bits per heavy atom. The van der Waals surface area contributed by atoms with Gasteiger partial charge in [-0.15, -0.1) is 0 Å². The number of hydrogen-bond acceptors (Lipinski definition) is 1. The van der Waals surface area contributed by atoms with Crippen molar-refractivity contribution >= 4 is 27.6 Å². The number of rotatable bonds is 1. The van der Waals surface area contributed by atoms with E-state index in [1.807, 2.05) is 37.3 Å². The molecule has 0 radical (unpaired) electrons. The molecule has 2 nitrogen and oxygen atoms in total. The van der Waals surface area contributed by atoms with Crippen molar-refractivity contribution in [3.8, 4) is 0 Å². The van der Waals surface area contributed by atoms with Crippen molar-refractivity contribution in [3.05, 3.63) is 71.8 Å². The van der Waals surface area contributed by atoms with Crippen molar-refractivity contribution in [2.75, 3.05) is 0 Å². The number of carbonyl (C=O) groups is 1. The number of carbonyl (C=O) groups excluding carboxylic acids is 1. The highest BCUT2D eigenvalue weighted by atomic mass is 16.1. The van der Waals surface area contributed by atoms with Gasteiger partial charge in [0, 0.05) is 16.3 Å². The highest BCUT2D eigenvalue weighted by Gasteiger charge is 2.24. The van der Waals surface area contributed by atoms with Crippen LogP contribution in [-0.4, -0.2) is 10.8 Å². The lowest BCUT2D eigenvalue weighted by Crippen LogP contribution is -2.14. The molecule has 1 aliphatic carbocycles. The van der Waals surface area contributed by atoms with E-state index in [4.69, 9.17) is 0 Å². The molecule has 3 aromatic rings. The molecule has 1 heterocycles. The summed E-state index contributed by atoms with van der Waals surface area (Å²) in [4.78, 5) is 15.8. The summed E-state index contributed by atoms with van der Waals surface area (Å²) >= 11 is 0. The van der Waals surface area contributed by atoms with Crippen LogP contribution < -0.4 is 0 Å². The Hall–Kier alpha value is -2.61. The van der Waals surface area contributed by atoms with Gasteiger partial charge in [-0.25, -0.2) is 0 Å².